The Kier molecular flexibility index (Phi) is 6.32. The molecule has 1 heterocycles. The minimum atomic E-state index is -0.440. The minimum Gasteiger partial charge on any atom is -0.484 e. The van der Waals surface area contributed by atoms with Crippen LogP contribution in [0.5, 0.6) is 5.75 Å². The molecule has 31 heavy (non-hydrogen) atoms. The van der Waals surface area contributed by atoms with Gasteiger partial charge in [-0.25, -0.2) is 0 Å². The number of hydrogen-bond acceptors (Lipinski definition) is 3. The van der Waals surface area contributed by atoms with Gasteiger partial charge >= 0.3 is 0 Å². The number of nitrogens with zero attached hydrogens (tertiary/aromatic N) is 1. The molecule has 5 heteroatoms. The van der Waals surface area contributed by atoms with Crippen molar-refractivity contribution in [1.29, 1.82) is 0 Å². The first-order chi connectivity index (χ1) is 15.1. The second-order valence-electron chi connectivity index (χ2n) is 7.70. The van der Waals surface area contributed by atoms with Gasteiger partial charge in [-0.3, -0.25) is 14.5 Å². The van der Waals surface area contributed by atoms with E-state index in [9.17, 15) is 9.59 Å². The molecule has 1 aliphatic rings. The normalized spacial score (nSPS) is 15.5. The van der Waals surface area contributed by atoms with E-state index >= 15 is 0 Å². The molecule has 1 atom stereocenters. The van der Waals surface area contributed by atoms with Crippen molar-refractivity contribution in [2.24, 2.45) is 0 Å². The summed E-state index contributed by atoms with van der Waals surface area (Å²) >= 11 is 0. The smallest absolute Gasteiger partial charge is 0.259 e. The first-order valence-electron chi connectivity index (χ1n) is 10.6. The number of benzene rings is 3. The van der Waals surface area contributed by atoms with E-state index in [0.717, 1.165) is 29.7 Å². The molecule has 158 valence electrons. The molecular formula is C26H26N2O3. The number of nitrogens with one attached hydrogen (secondary N) is 1. The van der Waals surface area contributed by atoms with Crippen LogP contribution in [0.15, 0.2) is 78.9 Å². The second-order valence-corrected chi connectivity index (χ2v) is 7.70. The lowest BCUT2D eigenvalue weighted by Gasteiger charge is -2.32. The molecule has 0 bridgehead atoms. The summed E-state index contributed by atoms with van der Waals surface area (Å²) in [5, 5.41) is 3.03. The molecule has 5 nitrogen and oxygen atoms in total. The summed E-state index contributed by atoms with van der Waals surface area (Å²) in [6.07, 6.45) is 1.97. The van der Waals surface area contributed by atoms with Gasteiger partial charge in [0.05, 0.1) is 0 Å². The zero-order valence-corrected chi connectivity index (χ0v) is 17.6. The van der Waals surface area contributed by atoms with Crippen molar-refractivity contribution in [2.45, 2.75) is 32.4 Å². The average molecular weight is 415 g/mol. The van der Waals surface area contributed by atoms with Crippen LogP contribution in [0, 0.1) is 6.92 Å². The summed E-state index contributed by atoms with van der Waals surface area (Å²) in [6, 6.07) is 24.7. The Balaban J connectivity index is 1.56. The quantitative estimate of drug-likeness (QED) is 0.669. The SMILES string of the molecule is Cc1ccccc1OCC(=O)NC1CCCc2ccccc2N1C(=O)c1ccccc1. The van der Waals surface area contributed by atoms with Crippen molar-refractivity contribution in [3.05, 3.63) is 95.6 Å². The molecule has 1 unspecified atom stereocenters. The van der Waals surface area contributed by atoms with Gasteiger partial charge in [-0.1, -0.05) is 54.6 Å². The Labute approximate surface area is 182 Å². The molecule has 0 fully saturated rings. The average Bonchev–Trinajstić information content (AvgIpc) is 2.97. The van der Waals surface area contributed by atoms with Crippen molar-refractivity contribution in [3.63, 3.8) is 0 Å². The summed E-state index contributed by atoms with van der Waals surface area (Å²) in [6.45, 7) is 1.84. The highest BCUT2D eigenvalue weighted by Gasteiger charge is 2.31. The van der Waals surface area contributed by atoms with Gasteiger partial charge in [0.1, 0.15) is 11.9 Å². The van der Waals surface area contributed by atoms with Gasteiger partial charge in [-0.05, 0) is 61.6 Å². The first-order valence-corrected chi connectivity index (χ1v) is 10.6. The van der Waals surface area contributed by atoms with Crippen molar-refractivity contribution < 1.29 is 14.3 Å². The number of carbonyl (C=O) groups is 2. The zero-order valence-electron chi connectivity index (χ0n) is 17.6. The van der Waals surface area contributed by atoms with Crippen LogP contribution in [0.2, 0.25) is 0 Å². The Morgan fingerprint density at radius 2 is 1.68 bits per heavy atom. The fourth-order valence-electron chi connectivity index (χ4n) is 3.94. The number of rotatable bonds is 5. The summed E-state index contributed by atoms with van der Waals surface area (Å²) in [5.41, 5.74) is 3.52. The minimum absolute atomic E-state index is 0.101. The summed E-state index contributed by atoms with van der Waals surface area (Å²) in [7, 11) is 0. The highest BCUT2D eigenvalue weighted by Crippen LogP contribution is 2.30. The number of para-hydroxylation sites is 2. The van der Waals surface area contributed by atoms with Crippen LogP contribution in [-0.4, -0.2) is 24.6 Å². The largest absolute Gasteiger partial charge is 0.484 e. The Morgan fingerprint density at radius 3 is 2.48 bits per heavy atom. The highest BCUT2D eigenvalue weighted by atomic mass is 16.5. The predicted octanol–water partition coefficient (Wildman–Crippen LogP) is 4.50. The van der Waals surface area contributed by atoms with Gasteiger partial charge in [0.25, 0.3) is 11.8 Å². The summed E-state index contributed by atoms with van der Waals surface area (Å²) in [4.78, 5) is 28.0. The van der Waals surface area contributed by atoms with Crippen LogP contribution in [-0.2, 0) is 11.2 Å². The number of fused-ring (bicyclic) bond motifs is 1. The molecule has 1 aliphatic heterocycles. The van der Waals surface area contributed by atoms with Crippen LogP contribution < -0.4 is 15.0 Å². The molecular weight excluding hydrogens is 388 g/mol. The molecule has 3 aromatic rings. The van der Waals surface area contributed by atoms with Gasteiger partial charge in [0.15, 0.2) is 6.61 Å². The number of amides is 2. The van der Waals surface area contributed by atoms with Crippen LogP contribution in [0.25, 0.3) is 0 Å². The van der Waals surface area contributed by atoms with Crippen LogP contribution in [0.3, 0.4) is 0 Å². The first kappa shape index (κ1) is 20.7. The molecule has 0 saturated heterocycles. The third kappa shape index (κ3) is 4.77. The van der Waals surface area contributed by atoms with Gasteiger partial charge in [-0.15, -0.1) is 0 Å². The molecule has 0 saturated carbocycles. The molecule has 0 aliphatic carbocycles. The van der Waals surface area contributed by atoms with Crippen molar-refractivity contribution in [3.8, 4) is 5.75 Å². The maximum absolute atomic E-state index is 13.5. The Morgan fingerprint density at radius 1 is 0.968 bits per heavy atom. The van der Waals surface area contributed by atoms with E-state index in [4.69, 9.17) is 4.74 Å². The van der Waals surface area contributed by atoms with Crippen LogP contribution >= 0.6 is 0 Å². The number of hydrogen-bond donors (Lipinski definition) is 1. The van der Waals surface area contributed by atoms with E-state index in [1.54, 1.807) is 17.0 Å². The standard InChI is InChI=1S/C26H26N2O3/c1-19-10-5-8-16-23(19)31-18-25(29)27-24-17-9-14-20-11-6-7-15-22(20)28(24)26(30)21-12-3-2-4-13-21/h2-8,10-13,15-16,24H,9,14,17-18H2,1H3,(H,27,29). The number of anilines is 1. The van der Waals surface area contributed by atoms with Crippen molar-refractivity contribution in [2.75, 3.05) is 11.5 Å². The number of aryl methyl sites for hydroxylation is 2. The molecule has 1 N–H and O–H groups in total. The predicted molar refractivity (Wildman–Crippen MR) is 121 cm³/mol. The number of ether oxygens (including phenoxy) is 1. The number of carbonyl (C=O) groups excluding carboxylic acids is 2. The van der Waals surface area contributed by atoms with Gasteiger partial charge in [0.2, 0.25) is 0 Å². The van der Waals surface area contributed by atoms with E-state index in [1.165, 1.54) is 0 Å². The monoisotopic (exact) mass is 414 g/mol. The fourth-order valence-corrected chi connectivity index (χ4v) is 3.94. The molecule has 3 aromatic carbocycles. The van der Waals surface area contributed by atoms with Crippen LogP contribution in [0.1, 0.15) is 34.3 Å². The van der Waals surface area contributed by atoms with Crippen molar-refractivity contribution in [1.82, 2.24) is 5.32 Å². The second kappa shape index (κ2) is 9.47. The highest BCUT2D eigenvalue weighted by molar-refractivity contribution is 6.07. The lowest BCUT2D eigenvalue weighted by atomic mass is 10.1. The molecule has 2 amide bonds. The Bertz CT molecular complexity index is 1070. The molecule has 0 radical (unpaired) electrons. The lowest BCUT2D eigenvalue weighted by molar-refractivity contribution is -0.123. The van der Waals surface area contributed by atoms with Crippen molar-refractivity contribution >= 4 is 17.5 Å². The molecule has 0 spiro atoms. The van der Waals surface area contributed by atoms with E-state index in [-0.39, 0.29) is 18.4 Å². The molecule has 4 rings (SSSR count). The van der Waals surface area contributed by atoms with E-state index < -0.39 is 6.17 Å². The maximum atomic E-state index is 13.5. The topological polar surface area (TPSA) is 58.6 Å². The van der Waals surface area contributed by atoms with Gasteiger partial charge in [0, 0.05) is 11.3 Å². The third-order valence-corrected chi connectivity index (χ3v) is 5.51. The zero-order chi connectivity index (χ0) is 21.6. The lowest BCUT2D eigenvalue weighted by Crippen LogP contribution is -2.52. The van der Waals surface area contributed by atoms with E-state index in [1.807, 2.05) is 73.7 Å². The maximum Gasteiger partial charge on any atom is 0.259 e. The molecule has 0 aromatic heterocycles. The summed E-state index contributed by atoms with van der Waals surface area (Å²) in [5.74, 6) is 0.305. The van der Waals surface area contributed by atoms with E-state index in [0.29, 0.717) is 17.7 Å². The summed E-state index contributed by atoms with van der Waals surface area (Å²) < 4.78 is 5.71. The van der Waals surface area contributed by atoms with Gasteiger partial charge in [-0.2, -0.15) is 0 Å². The van der Waals surface area contributed by atoms with Gasteiger partial charge < -0.3 is 10.1 Å². The fraction of sp³-hybridized carbons (Fsp3) is 0.231. The van der Waals surface area contributed by atoms with E-state index in [2.05, 4.69) is 5.32 Å². The Hall–Kier alpha value is -3.60. The van der Waals surface area contributed by atoms with Crippen LogP contribution in [0.4, 0.5) is 5.69 Å². The third-order valence-electron chi connectivity index (χ3n) is 5.51.